The van der Waals surface area contributed by atoms with Gasteiger partial charge in [0.05, 0.1) is 19.0 Å². The molecule has 0 unspecified atom stereocenters. The first-order chi connectivity index (χ1) is 9.70. The van der Waals surface area contributed by atoms with Crippen molar-refractivity contribution >= 4 is 0 Å². The highest BCUT2D eigenvalue weighted by Crippen LogP contribution is 2.28. The topological polar surface area (TPSA) is 48.3 Å². The Bertz CT molecular complexity index is 557. The van der Waals surface area contributed by atoms with Gasteiger partial charge in [0.15, 0.2) is 17.3 Å². The summed E-state index contributed by atoms with van der Waals surface area (Å²) in [6.45, 7) is 1.81. The molecule has 6 heteroatoms. The van der Waals surface area contributed by atoms with Crippen LogP contribution in [0.1, 0.15) is 5.56 Å². The first-order valence-electron chi connectivity index (χ1n) is 6.34. The zero-order chi connectivity index (χ0) is 14.4. The number of halogens is 1. The molecule has 5 nitrogen and oxygen atoms in total. The molecule has 20 heavy (non-hydrogen) atoms. The predicted octanol–water partition coefficient (Wildman–Crippen LogP) is 2.09. The first-order valence-corrected chi connectivity index (χ1v) is 6.34. The van der Waals surface area contributed by atoms with E-state index in [0.29, 0.717) is 25.4 Å². The lowest BCUT2D eigenvalue weighted by molar-refractivity contribution is 0.199. The van der Waals surface area contributed by atoms with E-state index >= 15 is 0 Å². The first kappa shape index (κ1) is 14.5. The molecule has 0 aliphatic heterocycles. The van der Waals surface area contributed by atoms with Gasteiger partial charge in [0, 0.05) is 32.8 Å². The summed E-state index contributed by atoms with van der Waals surface area (Å²) in [5, 5.41) is 7.16. The van der Waals surface area contributed by atoms with Crippen LogP contribution in [0.5, 0.6) is 11.5 Å². The smallest absolute Gasteiger partial charge is 0.167 e. The maximum atomic E-state index is 13.9. The Morgan fingerprint density at radius 1 is 1.40 bits per heavy atom. The molecule has 1 aromatic heterocycles. The minimum Gasteiger partial charge on any atom is -0.451 e. The molecule has 0 saturated heterocycles. The van der Waals surface area contributed by atoms with Gasteiger partial charge in [-0.15, -0.1) is 0 Å². The van der Waals surface area contributed by atoms with E-state index in [-0.39, 0.29) is 11.6 Å². The fourth-order valence-electron chi connectivity index (χ4n) is 1.77. The average molecular weight is 279 g/mol. The van der Waals surface area contributed by atoms with Crippen molar-refractivity contribution in [1.82, 2.24) is 15.1 Å². The second kappa shape index (κ2) is 7.02. The molecule has 0 spiro atoms. The number of hydrogen-bond acceptors (Lipinski definition) is 4. The van der Waals surface area contributed by atoms with Crippen molar-refractivity contribution in [3.63, 3.8) is 0 Å². The Morgan fingerprint density at radius 3 is 2.95 bits per heavy atom. The number of para-hydroxylation sites is 1. The van der Waals surface area contributed by atoms with Crippen molar-refractivity contribution < 1.29 is 13.9 Å². The van der Waals surface area contributed by atoms with Crippen LogP contribution in [0.25, 0.3) is 0 Å². The summed E-state index contributed by atoms with van der Waals surface area (Å²) in [4.78, 5) is 0. The number of aromatic nitrogens is 2. The molecular formula is C14H18FN3O2. The third-order valence-corrected chi connectivity index (χ3v) is 2.75. The Balaban J connectivity index is 2.09. The number of methoxy groups -OCH3 is 1. The number of rotatable bonds is 7. The van der Waals surface area contributed by atoms with E-state index in [0.717, 1.165) is 5.56 Å². The molecule has 108 valence electrons. The quantitative estimate of drug-likeness (QED) is 0.788. The molecule has 0 radical (unpaired) electrons. The highest BCUT2D eigenvalue weighted by atomic mass is 19.1. The molecule has 2 aromatic rings. The molecule has 1 heterocycles. The normalized spacial score (nSPS) is 10.8. The third-order valence-electron chi connectivity index (χ3n) is 2.75. The number of nitrogens with zero attached hydrogens (tertiary/aromatic N) is 2. The van der Waals surface area contributed by atoms with Gasteiger partial charge in [-0.3, -0.25) is 4.68 Å². The number of aryl methyl sites for hydroxylation is 1. The van der Waals surface area contributed by atoms with Gasteiger partial charge in [0.25, 0.3) is 0 Å². The summed E-state index contributed by atoms with van der Waals surface area (Å²) in [5.74, 6) is 0.348. The Kier molecular flexibility index (Phi) is 5.09. The van der Waals surface area contributed by atoms with E-state index < -0.39 is 0 Å². The predicted molar refractivity (Wildman–Crippen MR) is 73.3 cm³/mol. The fourth-order valence-corrected chi connectivity index (χ4v) is 1.77. The zero-order valence-electron chi connectivity index (χ0n) is 11.6. The van der Waals surface area contributed by atoms with Gasteiger partial charge in [0.2, 0.25) is 0 Å². The lowest BCUT2D eigenvalue weighted by Crippen LogP contribution is -2.19. The summed E-state index contributed by atoms with van der Waals surface area (Å²) in [6, 6.07) is 4.87. The number of ether oxygens (including phenoxy) is 2. The standard InChI is InChI=1S/C14H18FN3O2/c1-18-10-12(9-17-18)20-14-11(4-3-5-13(14)15)8-16-6-7-19-2/h3-5,9-10,16H,6-8H2,1-2H3. The van der Waals surface area contributed by atoms with Crippen LogP contribution in [0, 0.1) is 5.82 Å². The minimum atomic E-state index is -0.389. The molecule has 0 bridgehead atoms. The SMILES string of the molecule is COCCNCc1cccc(F)c1Oc1cnn(C)c1. The van der Waals surface area contributed by atoms with Crippen molar-refractivity contribution in [3.8, 4) is 11.5 Å². The molecule has 1 N–H and O–H groups in total. The van der Waals surface area contributed by atoms with E-state index in [9.17, 15) is 4.39 Å². The molecule has 2 rings (SSSR count). The number of hydrogen-bond donors (Lipinski definition) is 1. The highest BCUT2D eigenvalue weighted by molar-refractivity contribution is 5.38. The lowest BCUT2D eigenvalue weighted by Gasteiger charge is -2.11. The van der Waals surface area contributed by atoms with Crippen LogP contribution in [0.4, 0.5) is 4.39 Å². The second-order valence-electron chi connectivity index (χ2n) is 4.35. The fraction of sp³-hybridized carbons (Fsp3) is 0.357. The van der Waals surface area contributed by atoms with Crippen molar-refractivity contribution in [2.24, 2.45) is 7.05 Å². The maximum absolute atomic E-state index is 13.9. The Morgan fingerprint density at radius 2 is 2.25 bits per heavy atom. The Hall–Kier alpha value is -1.92. The Labute approximate surface area is 117 Å². The van der Waals surface area contributed by atoms with Crippen LogP contribution < -0.4 is 10.1 Å². The van der Waals surface area contributed by atoms with Crippen molar-refractivity contribution in [1.29, 1.82) is 0 Å². The van der Waals surface area contributed by atoms with Gasteiger partial charge < -0.3 is 14.8 Å². The van der Waals surface area contributed by atoms with Crippen LogP contribution in [-0.2, 0) is 18.3 Å². The summed E-state index contributed by atoms with van der Waals surface area (Å²) >= 11 is 0. The van der Waals surface area contributed by atoms with Crippen molar-refractivity contribution in [2.45, 2.75) is 6.54 Å². The molecule has 0 atom stereocenters. The molecule has 0 aliphatic carbocycles. The zero-order valence-corrected chi connectivity index (χ0v) is 11.6. The molecule has 1 aromatic carbocycles. The average Bonchev–Trinajstić information content (AvgIpc) is 2.84. The number of nitrogens with one attached hydrogen (secondary N) is 1. The van der Waals surface area contributed by atoms with E-state index in [1.807, 2.05) is 6.07 Å². The minimum absolute atomic E-state index is 0.227. The highest BCUT2D eigenvalue weighted by Gasteiger charge is 2.11. The summed E-state index contributed by atoms with van der Waals surface area (Å²) in [7, 11) is 3.42. The van der Waals surface area contributed by atoms with E-state index in [4.69, 9.17) is 9.47 Å². The third kappa shape index (κ3) is 3.79. The van der Waals surface area contributed by atoms with Gasteiger partial charge in [-0.2, -0.15) is 5.10 Å². The van der Waals surface area contributed by atoms with Gasteiger partial charge in [-0.05, 0) is 6.07 Å². The van der Waals surface area contributed by atoms with E-state index in [2.05, 4.69) is 10.4 Å². The van der Waals surface area contributed by atoms with Crippen LogP contribution in [0.2, 0.25) is 0 Å². The van der Waals surface area contributed by atoms with Gasteiger partial charge in [0.1, 0.15) is 0 Å². The van der Waals surface area contributed by atoms with E-state index in [1.165, 1.54) is 6.07 Å². The largest absolute Gasteiger partial charge is 0.451 e. The van der Waals surface area contributed by atoms with E-state index in [1.54, 1.807) is 37.3 Å². The molecule has 0 amide bonds. The molecule has 0 aliphatic rings. The summed E-state index contributed by atoms with van der Waals surface area (Å²) in [6.07, 6.45) is 3.24. The van der Waals surface area contributed by atoms with Crippen molar-refractivity contribution in [2.75, 3.05) is 20.3 Å². The van der Waals surface area contributed by atoms with Crippen LogP contribution in [-0.4, -0.2) is 30.0 Å². The summed E-state index contributed by atoms with van der Waals surface area (Å²) < 4.78 is 26.1. The molecule has 0 saturated carbocycles. The van der Waals surface area contributed by atoms with Crippen LogP contribution in [0.15, 0.2) is 30.6 Å². The maximum Gasteiger partial charge on any atom is 0.167 e. The second-order valence-corrected chi connectivity index (χ2v) is 4.35. The summed E-state index contributed by atoms with van der Waals surface area (Å²) in [5.41, 5.74) is 0.755. The molecular weight excluding hydrogens is 261 g/mol. The number of benzene rings is 1. The van der Waals surface area contributed by atoms with Gasteiger partial charge >= 0.3 is 0 Å². The van der Waals surface area contributed by atoms with Crippen molar-refractivity contribution in [3.05, 3.63) is 42.0 Å². The van der Waals surface area contributed by atoms with Gasteiger partial charge in [-0.1, -0.05) is 12.1 Å². The monoisotopic (exact) mass is 279 g/mol. The van der Waals surface area contributed by atoms with Gasteiger partial charge in [-0.25, -0.2) is 4.39 Å². The van der Waals surface area contributed by atoms with Crippen LogP contribution in [0.3, 0.4) is 0 Å². The van der Waals surface area contributed by atoms with Crippen LogP contribution >= 0.6 is 0 Å². The lowest BCUT2D eigenvalue weighted by atomic mass is 10.2. The molecule has 0 fully saturated rings.